The molecule has 0 unspecified atom stereocenters. The first-order chi connectivity index (χ1) is 7.56. The molecule has 0 spiro atoms. The van der Waals surface area contributed by atoms with Gasteiger partial charge in [0.25, 0.3) is 0 Å². The lowest BCUT2D eigenvalue weighted by atomic mass is 10.1. The molecular formula is C11H21NO4. The Morgan fingerprint density at radius 2 is 1.88 bits per heavy atom. The van der Waals surface area contributed by atoms with Crippen molar-refractivity contribution in [3.8, 4) is 0 Å². The van der Waals surface area contributed by atoms with Gasteiger partial charge in [-0.05, 0) is 20.3 Å². The van der Waals surface area contributed by atoms with E-state index in [1.54, 1.807) is 13.8 Å². The van der Waals surface area contributed by atoms with Crippen LogP contribution < -0.4 is 5.32 Å². The van der Waals surface area contributed by atoms with Crippen LogP contribution in [0, 0.1) is 0 Å². The predicted octanol–water partition coefficient (Wildman–Crippen LogP) is 0.869. The maximum absolute atomic E-state index is 11.5. The number of carbonyl (C=O) groups excluding carboxylic acids is 2. The van der Waals surface area contributed by atoms with Gasteiger partial charge < -0.3 is 9.47 Å². The summed E-state index contributed by atoms with van der Waals surface area (Å²) in [5.41, 5.74) is 0. The van der Waals surface area contributed by atoms with Crippen LogP contribution in [0.25, 0.3) is 0 Å². The third-order valence-electron chi connectivity index (χ3n) is 2.15. The summed E-state index contributed by atoms with van der Waals surface area (Å²) in [6.45, 7) is 5.72. The molecule has 0 heterocycles. The molecule has 5 heteroatoms. The van der Waals surface area contributed by atoms with E-state index in [0.717, 1.165) is 6.42 Å². The van der Waals surface area contributed by atoms with Crippen molar-refractivity contribution in [1.82, 2.24) is 5.32 Å². The van der Waals surface area contributed by atoms with E-state index in [1.807, 2.05) is 6.92 Å². The van der Waals surface area contributed by atoms with Gasteiger partial charge in [-0.1, -0.05) is 13.3 Å². The molecule has 0 aliphatic carbocycles. The molecule has 0 aromatic carbocycles. The summed E-state index contributed by atoms with van der Waals surface area (Å²) in [5, 5.41) is 2.90. The average molecular weight is 231 g/mol. The number of nitrogens with one attached hydrogen (secondary N) is 1. The fraction of sp³-hybridized carbons (Fsp3) is 0.818. The summed E-state index contributed by atoms with van der Waals surface area (Å²) in [7, 11) is 1.32. The van der Waals surface area contributed by atoms with Crippen molar-refractivity contribution in [2.75, 3.05) is 13.7 Å². The Hall–Kier alpha value is -1.10. The van der Waals surface area contributed by atoms with Crippen molar-refractivity contribution < 1.29 is 19.1 Å². The molecule has 0 aromatic heterocycles. The van der Waals surface area contributed by atoms with E-state index >= 15 is 0 Å². The second-order valence-corrected chi connectivity index (χ2v) is 3.50. The maximum atomic E-state index is 11.5. The molecule has 0 saturated heterocycles. The SMILES string of the molecule is CCC[C@H](N[C@@H](C)C(=O)OC)C(=O)OCC. The number of hydrogen-bond acceptors (Lipinski definition) is 5. The number of hydrogen-bond donors (Lipinski definition) is 1. The van der Waals surface area contributed by atoms with Crippen molar-refractivity contribution >= 4 is 11.9 Å². The third-order valence-corrected chi connectivity index (χ3v) is 2.15. The molecule has 1 N–H and O–H groups in total. The Bertz CT molecular complexity index is 230. The van der Waals surface area contributed by atoms with Crippen LogP contribution in [0.1, 0.15) is 33.6 Å². The van der Waals surface area contributed by atoms with Gasteiger partial charge in [0.15, 0.2) is 0 Å². The highest BCUT2D eigenvalue weighted by Gasteiger charge is 2.23. The first kappa shape index (κ1) is 14.9. The minimum absolute atomic E-state index is 0.319. The third kappa shape index (κ3) is 5.11. The van der Waals surface area contributed by atoms with Crippen LogP contribution in [0.4, 0.5) is 0 Å². The molecule has 5 nitrogen and oxygen atoms in total. The second-order valence-electron chi connectivity index (χ2n) is 3.50. The van der Waals surface area contributed by atoms with Gasteiger partial charge >= 0.3 is 11.9 Å². The van der Waals surface area contributed by atoms with E-state index in [2.05, 4.69) is 10.1 Å². The van der Waals surface area contributed by atoms with Gasteiger partial charge in [0.2, 0.25) is 0 Å². The molecule has 0 rings (SSSR count). The number of methoxy groups -OCH3 is 1. The Morgan fingerprint density at radius 3 is 2.31 bits per heavy atom. The van der Waals surface area contributed by atoms with Crippen LogP contribution in [0.3, 0.4) is 0 Å². The maximum Gasteiger partial charge on any atom is 0.323 e. The highest BCUT2D eigenvalue weighted by molar-refractivity contribution is 5.79. The predicted molar refractivity (Wildman–Crippen MR) is 59.9 cm³/mol. The van der Waals surface area contributed by atoms with Gasteiger partial charge in [0, 0.05) is 0 Å². The molecule has 0 aliphatic heterocycles. The van der Waals surface area contributed by atoms with Crippen LogP contribution in [-0.4, -0.2) is 37.7 Å². The standard InChI is InChI=1S/C11H21NO4/c1-5-7-9(11(14)16-6-2)12-8(3)10(13)15-4/h8-9,12H,5-7H2,1-4H3/t8-,9-/m0/s1. The minimum atomic E-state index is -0.508. The summed E-state index contributed by atoms with van der Waals surface area (Å²) in [5.74, 6) is -0.703. The summed E-state index contributed by atoms with van der Waals surface area (Å²) in [6.07, 6.45) is 1.48. The van der Waals surface area contributed by atoms with Gasteiger partial charge in [0.1, 0.15) is 12.1 Å². The lowest BCUT2D eigenvalue weighted by Gasteiger charge is -2.19. The molecule has 0 aliphatic rings. The van der Waals surface area contributed by atoms with E-state index in [-0.39, 0.29) is 11.9 Å². The fourth-order valence-electron chi connectivity index (χ4n) is 1.35. The molecule has 0 saturated carbocycles. The molecule has 2 atom stereocenters. The van der Waals surface area contributed by atoms with Gasteiger partial charge in [-0.2, -0.15) is 0 Å². The first-order valence-corrected chi connectivity index (χ1v) is 5.57. The molecule has 0 aromatic rings. The average Bonchev–Trinajstić information content (AvgIpc) is 2.27. The van der Waals surface area contributed by atoms with Crippen molar-refractivity contribution in [3.05, 3.63) is 0 Å². The summed E-state index contributed by atoms with van der Waals surface area (Å²) in [6, 6.07) is -0.954. The highest BCUT2D eigenvalue weighted by Crippen LogP contribution is 2.02. The quantitative estimate of drug-likeness (QED) is 0.659. The van der Waals surface area contributed by atoms with Crippen molar-refractivity contribution in [1.29, 1.82) is 0 Å². The minimum Gasteiger partial charge on any atom is -0.468 e. The van der Waals surface area contributed by atoms with Crippen molar-refractivity contribution in [2.24, 2.45) is 0 Å². The molecule has 0 bridgehead atoms. The van der Waals surface area contributed by atoms with Crippen molar-refractivity contribution in [2.45, 2.75) is 45.7 Å². The first-order valence-electron chi connectivity index (χ1n) is 5.57. The molecule has 0 radical (unpaired) electrons. The number of esters is 2. The van der Waals surface area contributed by atoms with Crippen LogP contribution in [0.2, 0.25) is 0 Å². The molecule has 0 amide bonds. The van der Waals surface area contributed by atoms with E-state index in [4.69, 9.17) is 4.74 Å². The Balaban J connectivity index is 4.31. The molecule has 16 heavy (non-hydrogen) atoms. The van der Waals surface area contributed by atoms with Gasteiger partial charge in [-0.3, -0.25) is 14.9 Å². The highest BCUT2D eigenvalue weighted by atomic mass is 16.5. The fourth-order valence-corrected chi connectivity index (χ4v) is 1.35. The Kier molecular flexibility index (Phi) is 7.54. The zero-order valence-corrected chi connectivity index (χ0v) is 10.4. The van der Waals surface area contributed by atoms with Crippen LogP contribution in [0.15, 0.2) is 0 Å². The summed E-state index contributed by atoms with van der Waals surface area (Å²) >= 11 is 0. The molecule has 94 valence electrons. The van der Waals surface area contributed by atoms with Crippen LogP contribution >= 0.6 is 0 Å². The number of carbonyl (C=O) groups is 2. The zero-order chi connectivity index (χ0) is 12.6. The van der Waals surface area contributed by atoms with E-state index in [9.17, 15) is 9.59 Å². The van der Waals surface area contributed by atoms with E-state index < -0.39 is 12.1 Å². The van der Waals surface area contributed by atoms with Gasteiger partial charge in [-0.25, -0.2) is 0 Å². The smallest absolute Gasteiger partial charge is 0.323 e. The van der Waals surface area contributed by atoms with E-state index in [1.165, 1.54) is 7.11 Å². The van der Waals surface area contributed by atoms with Gasteiger partial charge in [-0.15, -0.1) is 0 Å². The van der Waals surface area contributed by atoms with Gasteiger partial charge in [0.05, 0.1) is 13.7 Å². The summed E-state index contributed by atoms with van der Waals surface area (Å²) in [4.78, 5) is 22.7. The van der Waals surface area contributed by atoms with Crippen molar-refractivity contribution in [3.63, 3.8) is 0 Å². The number of rotatable bonds is 7. The largest absolute Gasteiger partial charge is 0.468 e. The number of ether oxygens (including phenoxy) is 2. The second kappa shape index (κ2) is 8.10. The molecule has 0 fully saturated rings. The normalized spacial score (nSPS) is 14.0. The van der Waals surface area contributed by atoms with Crippen LogP contribution in [-0.2, 0) is 19.1 Å². The lowest BCUT2D eigenvalue weighted by Crippen LogP contribution is -2.46. The Morgan fingerprint density at radius 1 is 1.25 bits per heavy atom. The summed E-state index contributed by atoms with van der Waals surface area (Å²) < 4.78 is 9.49. The topological polar surface area (TPSA) is 64.6 Å². The van der Waals surface area contributed by atoms with Crippen LogP contribution in [0.5, 0.6) is 0 Å². The van der Waals surface area contributed by atoms with E-state index in [0.29, 0.717) is 13.0 Å². The zero-order valence-electron chi connectivity index (χ0n) is 10.4. The Labute approximate surface area is 96.5 Å². The monoisotopic (exact) mass is 231 g/mol. The molecular weight excluding hydrogens is 210 g/mol. The lowest BCUT2D eigenvalue weighted by molar-refractivity contribution is -0.147.